The first kappa shape index (κ1) is 11.2. The van der Waals surface area contributed by atoms with E-state index in [9.17, 15) is 18.0 Å². The van der Waals surface area contributed by atoms with Crippen LogP contribution >= 0.6 is 0 Å². The van der Waals surface area contributed by atoms with Crippen molar-refractivity contribution in [2.45, 2.75) is 12.1 Å². The Hall–Kier alpha value is -1.90. The van der Waals surface area contributed by atoms with Gasteiger partial charge < -0.3 is 0 Å². The van der Waals surface area contributed by atoms with Crippen LogP contribution in [0.25, 0.3) is 0 Å². The summed E-state index contributed by atoms with van der Waals surface area (Å²) in [5, 5.41) is 8.51. The molecule has 3 nitrogen and oxygen atoms in total. The van der Waals surface area contributed by atoms with Crippen molar-refractivity contribution in [2.24, 2.45) is 0 Å². The molecule has 0 aromatic carbocycles. The highest BCUT2D eigenvalue weighted by Gasteiger charge is 2.44. The highest BCUT2D eigenvalue weighted by Crippen LogP contribution is 2.26. The van der Waals surface area contributed by atoms with Gasteiger partial charge >= 0.3 is 6.18 Å². The minimum absolute atomic E-state index is 0.0534. The van der Waals surface area contributed by atoms with Gasteiger partial charge in [0.1, 0.15) is 5.92 Å². The van der Waals surface area contributed by atoms with Crippen LogP contribution in [0.2, 0.25) is 0 Å². The van der Waals surface area contributed by atoms with E-state index in [1.807, 2.05) is 0 Å². The number of Topliss-reactive ketones (excluding diaryl/α,β-unsaturated/α-hetero) is 1. The molecule has 0 amide bonds. The fourth-order valence-corrected chi connectivity index (χ4v) is 0.995. The number of ketones is 1. The number of aromatic nitrogens is 1. The fraction of sp³-hybridized carbons (Fsp3) is 0.222. The van der Waals surface area contributed by atoms with Crippen molar-refractivity contribution in [3.05, 3.63) is 30.1 Å². The van der Waals surface area contributed by atoms with Crippen molar-refractivity contribution < 1.29 is 18.0 Å². The quantitative estimate of drug-likeness (QED) is 0.754. The molecule has 1 unspecified atom stereocenters. The predicted molar refractivity (Wildman–Crippen MR) is 43.7 cm³/mol. The Morgan fingerprint density at radius 1 is 1.53 bits per heavy atom. The predicted octanol–water partition coefficient (Wildman–Crippen LogP) is 1.82. The van der Waals surface area contributed by atoms with Crippen LogP contribution in [0.1, 0.15) is 11.5 Å². The van der Waals surface area contributed by atoms with E-state index in [1.165, 1.54) is 24.4 Å². The first-order valence-corrected chi connectivity index (χ1v) is 3.87. The lowest BCUT2D eigenvalue weighted by Gasteiger charge is -2.09. The van der Waals surface area contributed by atoms with Crippen molar-refractivity contribution in [2.75, 3.05) is 0 Å². The van der Waals surface area contributed by atoms with Crippen LogP contribution < -0.4 is 0 Å². The minimum atomic E-state index is -5.00. The molecule has 0 bridgehead atoms. The highest BCUT2D eigenvalue weighted by atomic mass is 19.4. The first-order valence-electron chi connectivity index (χ1n) is 3.87. The van der Waals surface area contributed by atoms with Gasteiger partial charge in [0.15, 0.2) is 0 Å². The lowest BCUT2D eigenvalue weighted by atomic mass is 9.97. The van der Waals surface area contributed by atoms with Gasteiger partial charge in [0.05, 0.1) is 6.07 Å². The lowest BCUT2D eigenvalue weighted by molar-refractivity contribution is -0.171. The molecule has 0 fully saturated rings. The zero-order valence-electron chi connectivity index (χ0n) is 7.32. The van der Waals surface area contributed by atoms with E-state index < -0.39 is 17.9 Å². The van der Waals surface area contributed by atoms with Crippen molar-refractivity contribution in [3.63, 3.8) is 0 Å². The van der Waals surface area contributed by atoms with Crippen LogP contribution in [0.4, 0.5) is 13.2 Å². The second kappa shape index (κ2) is 4.09. The van der Waals surface area contributed by atoms with Crippen LogP contribution in [0.5, 0.6) is 0 Å². The third-order valence-corrected chi connectivity index (χ3v) is 1.69. The van der Waals surface area contributed by atoms with E-state index in [0.717, 1.165) is 6.20 Å². The third kappa shape index (κ3) is 2.53. The van der Waals surface area contributed by atoms with Gasteiger partial charge in [-0.1, -0.05) is 6.07 Å². The number of rotatable bonds is 2. The summed E-state index contributed by atoms with van der Waals surface area (Å²) in [6.07, 6.45) is -2.59. The van der Waals surface area contributed by atoms with E-state index in [2.05, 4.69) is 4.98 Å². The van der Waals surface area contributed by atoms with Gasteiger partial charge in [-0.25, -0.2) is 0 Å². The Morgan fingerprint density at radius 2 is 2.20 bits per heavy atom. The van der Waals surface area contributed by atoms with Gasteiger partial charge in [-0.3, -0.25) is 9.78 Å². The third-order valence-electron chi connectivity index (χ3n) is 1.69. The molecule has 1 rings (SSSR count). The highest BCUT2D eigenvalue weighted by molar-refractivity contribution is 5.92. The molecule has 1 heterocycles. The molecular weight excluding hydrogens is 209 g/mol. The Morgan fingerprint density at radius 3 is 2.60 bits per heavy atom. The number of hydrogen-bond acceptors (Lipinski definition) is 3. The van der Waals surface area contributed by atoms with Gasteiger partial charge in [-0.05, 0) is 11.6 Å². The van der Waals surface area contributed by atoms with Crippen molar-refractivity contribution in [1.29, 1.82) is 5.26 Å². The number of alkyl halides is 3. The summed E-state index contributed by atoms with van der Waals surface area (Å²) >= 11 is 0. The molecule has 1 aromatic rings. The standard InChI is InChI=1S/C9H5F3N2O/c10-9(11,12)8(15)7(4-13)6-2-1-3-14-5-6/h1-3,5,7H. The van der Waals surface area contributed by atoms with Gasteiger partial charge in [-0.2, -0.15) is 18.4 Å². The summed E-state index contributed by atoms with van der Waals surface area (Å²) in [6.45, 7) is 0. The zero-order valence-corrected chi connectivity index (χ0v) is 7.32. The number of hydrogen-bond donors (Lipinski definition) is 0. The smallest absolute Gasteiger partial charge is 0.288 e. The average molecular weight is 214 g/mol. The monoisotopic (exact) mass is 214 g/mol. The number of nitrogens with zero attached hydrogens (tertiary/aromatic N) is 2. The van der Waals surface area contributed by atoms with Crippen molar-refractivity contribution in [1.82, 2.24) is 4.98 Å². The second-order valence-corrected chi connectivity index (χ2v) is 2.71. The Kier molecular flexibility index (Phi) is 3.04. The molecule has 0 N–H and O–H groups in total. The van der Waals surface area contributed by atoms with Crippen LogP contribution in [0.3, 0.4) is 0 Å². The molecule has 0 saturated heterocycles. The number of carbonyl (C=O) groups excluding carboxylic acids is 1. The van der Waals surface area contributed by atoms with Crippen LogP contribution in [0.15, 0.2) is 24.5 Å². The second-order valence-electron chi connectivity index (χ2n) is 2.71. The molecule has 1 aromatic heterocycles. The lowest BCUT2D eigenvalue weighted by Crippen LogP contribution is -2.28. The van der Waals surface area contributed by atoms with Gasteiger partial charge in [0.2, 0.25) is 0 Å². The SMILES string of the molecule is N#CC(C(=O)C(F)(F)F)c1cccnc1. The zero-order chi connectivity index (χ0) is 11.5. The summed E-state index contributed by atoms with van der Waals surface area (Å²) in [5.74, 6) is -3.91. The van der Waals surface area contributed by atoms with E-state index in [1.54, 1.807) is 0 Å². The van der Waals surface area contributed by atoms with Crippen LogP contribution in [-0.2, 0) is 4.79 Å². The molecule has 15 heavy (non-hydrogen) atoms. The molecule has 6 heteroatoms. The van der Waals surface area contributed by atoms with Crippen LogP contribution in [-0.4, -0.2) is 16.9 Å². The Balaban J connectivity index is 3.03. The largest absolute Gasteiger partial charge is 0.451 e. The Labute approximate surface area is 83.2 Å². The van der Waals surface area contributed by atoms with E-state index in [4.69, 9.17) is 5.26 Å². The van der Waals surface area contributed by atoms with Crippen molar-refractivity contribution >= 4 is 5.78 Å². The minimum Gasteiger partial charge on any atom is -0.288 e. The number of pyridine rings is 1. The number of carbonyl (C=O) groups is 1. The summed E-state index contributed by atoms with van der Waals surface area (Å²) in [4.78, 5) is 14.4. The molecule has 0 spiro atoms. The molecule has 78 valence electrons. The summed E-state index contributed by atoms with van der Waals surface area (Å²) in [5.41, 5.74) is -0.0534. The maximum atomic E-state index is 12.1. The number of halogens is 3. The molecular formula is C9H5F3N2O. The molecule has 0 radical (unpaired) electrons. The van der Waals surface area contributed by atoms with Gasteiger partial charge in [0, 0.05) is 12.4 Å². The molecule has 1 atom stereocenters. The van der Waals surface area contributed by atoms with E-state index in [0.29, 0.717) is 0 Å². The fourth-order valence-electron chi connectivity index (χ4n) is 0.995. The molecule has 0 aliphatic heterocycles. The Bertz CT molecular complexity index is 394. The molecule has 0 saturated carbocycles. The summed E-state index contributed by atoms with van der Waals surface area (Å²) in [6, 6.07) is 3.93. The summed E-state index contributed by atoms with van der Waals surface area (Å²) in [7, 11) is 0. The average Bonchev–Trinajstić information content (AvgIpc) is 2.19. The van der Waals surface area contributed by atoms with Gasteiger partial charge in [0.25, 0.3) is 5.78 Å². The maximum absolute atomic E-state index is 12.1. The van der Waals surface area contributed by atoms with Gasteiger partial charge in [-0.15, -0.1) is 0 Å². The topological polar surface area (TPSA) is 53.8 Å². The molecule has 0 aliphatic rings. The van der Waals surface area contributed by atoms with E-state index >= 15 is 0 Å². The number of nitriles is 1. The maximum Gasteiger partial charge on any atom is 0.451 e. The van der Waals surface area contributed by atoms with E-state index in [-0.39, 0.29) is 5.56 Å². The normalized spacial score (nSPS) is 12.9. The molecule has 0 aliphatic carbocycles. The summed E-state index contributed by atoms with van der Waals surface area (Å²) < 4.78 is 36.2. The van der Waals surface area contributed by atoms with Crippen molar-refractivity contribution in [3.8, 4) is 6.07 Å². The van der Waals surface area contributed by atoms with Crippen LogP contribution in [0, 0.1) is 11.3 Å². The first-order chi connectivity index (χ1) is 6.96.